The van der Waals surface area contributed by atoms with E-state index in [0.29, 0.717) is 20.3 Å². The second kappa shape index (κ2) is 19.0. The van der Waals surface area contributed by atoms with Crippen LogP contribution < -0.4 is 5.32 Å². The summed E-state index contributed by atoms with van der Waals surface area (Å²) in [6.45, 7) is 9.64. The van der Waals surface area contributed by atoms with Gasteiger partial charge in [0.1, 0.15) is 22.5 Å². The molecular weight excluding hydrogens is 793 g/mol. The van der Waals surface area contributed by atoms with Gasteiger partial charge in [-0.1, -0.05) is 63.0 Å². The predicted octanol–water partition coefficient (Wildman–Crippen LogP) is 10.7. The molecule has 300 valence electrons. The minimum Gasteiger partial charge on any atom is -0.331 e. The largest absolute Gasteiger partial charge is 0.331 e. The lowest BCUT2D eigenvalue weighted by atomic mass is 9.96. The molecule has 2 aromatic carbocycles. The van der Waals surface area contributed by atoms with Gasteiger partial charge >= 0.3 is 0 Å². The maximum absolute atomic E-state index is 14.4. The van der Waals surface area contributed by atoms with Gasteiger partial charge in [-0.3, -0.25) is 9.59 Å². The summed E-state index contributed by atoms with van der Waals surface area (Å²) in [4.78, 5) is 25.0. The number of carbonyl (C=O) groups is 2. The van der Waals surface area contributed by atoms with E-state index in [1.165, 1.54) is 35.9 Å². The van der Waals surface area contributed by atoms with Crippen molar-refractivity contribution >= 4 is 46.0 Å². The van der Waals surface area contributed by atoms with E-state index < -0.39 is 58.4 Å². The zero-order chi connectivity index (χ0) is 40.9. The molecule has 0 bridgehead atoms. The highest BCUT2D eigenvalue weighted by Gasteiger charge is 2.38. The van der Waals surface area contributed by atoms with E-state index in [2.05, 4.69) is 41.5 Å². The Labute approximate surface area is 331 Å². The molecule has 8 nitrogen and oxygen atoms in total. The fraction of sp³-hybridized carbons (Fsp3) is 0.474. The maximum atomic E-state index is 14.4. The zero-order valence-corrected chi connectivity index (χ0v) is 33.4. The van der Waals surface area contributed by atoms with Gasteiger partial charge in [-0.25, -0.2) is 26.9 Å². The van der Waals surface area contributed by atoms with Gasteiger partial charge in [0, 0.05) is 49.3 Å². The van der Waals surface area contributed by atoms with Crippen molar-refractivity contribution in [2.75, 3.05) is 0 Å². The van der Waals surface area contributed by atoms with Crippen molar-refractivity contribution in [3.8, 4) is 0 Å². The molecule has 1 amide bonds. The number of aromatic nitrogens is 4. The predicted molar refractivity (Wildman–Crippen MR) is 200 cm³/mol. The first-order valence-corrected chi connectivity index (χ1v) is 18.8. The highest BCUT2D eigenvalue weighted by molar-refractivity contribution is 6.67. The Balaban J connectivity index is 0.000000202. The molecule has 17 heteroatoms. The third-order valence-corrected chi connectivity index (χ3v) is 9.69. The summed E-state index contributed by atoms with van der Waals surface area (Å²) in [5.41, 5.74) is 1.35. The van der Waals surface area contributed by atoms with Crippen molar-refractivity contribution in [3.05, 3.63) is 103 Å². The van der Waals surface area contributed by atoms with Crippen LogP contribution in [-0.4, -0.2) is 47.7 Å². The number of amides is 1. The van der Waals surface area contributed by atoms with Gasteiger partial charge in [-0.15, -0.1) is 0 Å². The van der Waals surface area contributed by atoms with Gasteiger partial charge in [0.25, 0.3) is 24.0 Å². The van der Waals surface area contributed by atoms with E-state index >= 15 is 0 Å². The molecule has 2 fully saturated rings. The summed E-state index contributed by atoms with van der Waals surface area (Å²) in [6.07, 6.45) is -1.87. The first-order valence-electron chi connectivity index (χ1n) is 17.6. The SMILES string of the molecule is CC(C)c1ccc(Cl)cc1CN(C(=O)c1c(C(F)F)nn(C)c1F)C1CC1.CC(C)c1ccc(Cl)cc1CNC1CC1.Cn1nc(C(F)F)c(C(=O)Cl)c1F. The molecule has 0 unspecified atom stereocenters. The lowest BCUT2D eigenvalue weighted by Crippen LogP contribution is -2.34. The second-order valence-electron chi connectivity index (χ2n) is 14.0. The normalized spacial score (nSPS) is 13.9. The molecule has 55 heavy (non-hydrogen) atoms. The van der Waals surface area contributed by atoms with Gasteiger partial charge in [-0.2, -0.15) is 19.0 Å². The summed E-state index contributed by atoms with van der Waals surface area (Å²) in [6, 6.07) is 12.3. The summed E-state index contributed by atoms with van der Waals surface area (Å²) < 4.78 is 79.3. The maximum Gasteiger partial charge on any atom is 0.283 e. The van der Waals surface area contributed by atoms with Gasteiger partial charge in [-0.05, 0) is 95.6 Å². The highest BCUT2D eigenvalue weighted by atomic mass is 35.5. The third kappa shape index (κ3) is 11.5. The molecule has 4 aromatic rings. The number of nitrogens with one attached hydrogen (secondary N) is 1. The van der Waals surface area contributed by atoms with E-state index in [9.17, 15) is 35.9 Å². The molecule has 6 rings (SSSR count). The third-order valence-electron chi connectivity index (χ3n) is 9.03. The molecule has 0 radical (unpaired) electrons. The second-order valence-corrected chi connectivity index (χ2v) is 15.3. The number of rotatable bonds is 12. The molecule has 0 spiro atoms. The molecule has 2 aromatic heterocycles. The summed E-state index contributed by atoms with van der Waals surface area (Å²) in [5, 5.41) is 10.2. The number of carbonyl (C=O) groups excluding carboxylic acids is 2. The summed E-state index contributed by atoms with van der Waals surface area (Å²) >= 11 is 17.0. The topological polar surface area (TPSA) is 85.1 Å². The van der Waals surface area contributed by atoms with Crippen LogP contribution in [0.4, 0.5) is 26.3 Å². The van der Waals surface area contributed by atoms with Crippen LogP contribution in [0.15, 0.2) is 36.4 Å². The van der Waals surface area contributed by atoms with Crippen LogP contribution >= 0.6 is 34.8 Å². The van der Waals surface area contributed by atoms with E-state index in [-0.39, 0.29) is 18.5 Å². The van der Waals surface area contributed by atoms with E-state index in [4.69, 9.17) is 34.8 Å². The number of hydrogen-bond acceptors (Lipinski definition) is 5. The van der Waals surface area contributed by atoms with Crippen LogP contribution in [0.2, 0.25) is 10.0 Å². The first kappa shape index (κ1) is 44.1. The van der Waals surface area contributed by atoms with Gasteiger partial charge in [0.05, 0.1) is 0 Å². The standard InChI is InChI=1S/C19H21ClF3N3O.C13H18ClN.C6H4ClF3N2O/c1-10(2)14-7-4-12(20)8-11(14)9-26(13-5-6-13)19(27)15-16(17(21)22)24-25(3)18(15)23;1-9(2)13-6-3-11(14)7-10(13)8-15-12-4-5-12;1-12-6(10)2(4(7)13)3(11-12)5(8)9/h4,7-8,10,13,17H,5-6,9H2,1-3H3;3,6-7,9,12,15H,4-5,8H2,1-2H3;5H,1H3. The Kier molecular flexibility index (Phi) is 15.3. The molecule has 2 aliphatic rings. The molecule has 0 aliphatic heterocycles. The lowest BCUT2D eigenvalue weighted by molar-refractivity contribution is 0.0711. The molecule has 2 heterocycles. The quantitative estimate of drug-likeness (QED) is 0.113. The molecule has 2 aliphatic carbocycles. The van der Waals surface area contributed by atoms with E-state index in [1.54, 1.807) is 12.1 Å². The summed E-state index contributed by atoms with van der Waals surface area (Å²) in [5.74, 6) is -2.20. The Hall–Kier alpha value is -3.59. The number of halogens is 9. The van der Waals surface area contributed by atoms with Crippen molar-refractivity contribution in [3.63, 3.8) is 0 Å². The van der Waals surface area contributed by atoms with E-state index in [1.807, 2.05) is 26.0 Å². The Bertz CT molecular complexity index is 1980. The molecule has 2 saturated carbocycles. The molecular formula is C38H43Cl3F6N6O2. The minimum absolute atomic E-state index is 0.0957. The van der Waals surface area contributed by atoms with Crippen LogP contribution in [0.5, 0.6) is 0 Å². The summed E-state index contributed by atoms with van der Waals surface area (Å²) in [7, 11) is 2.30. The van der Waals surface area contributed by atoms with E-state index in [0.717, 1.165) is 48.6 Å². The fourth-order valence-corrected chi connectivity index (χ4v) is 6.48. The van der Waals surface area contributed by atoms with Gasteiger partial charge in [0.15, 0.2) is 0 Å². The average molecular weight is 836 g/mol. The zero-order valence-electron chi connectivity index (χ0n) is 31.1. The first-order chi connectivity index (χ1) is 25.8. The Morgan fingerprint density at radius 1 is 0.782 bits per heavy atom. The van der Waals surface area contributed by atoms with Crippen LogP contribution in [-0.2, 0) is 27.2 Å². The number of benzene rings is 2. The Morgan fingerprint density at radius 3 is 1.65 bits per heavy atom. The van der Waals surface area contributed by atoms with Crippen molar-refractivity contribution in [1.82, 2.24) is 29.8 Å². The highest BCUT2D eigenvalue weighted by Crippen LogP contribution is 2.35. The van der Waals surface area contributed by atoms with Crippen molar-refractivity contribution in [1.29, 1.82) is 0 Å². The van der Waals surface area contributed by atoms with Crippen molar-refractivity contribution in [2.45, 2.75) is 103 Å². The lowest BCUT2D eigenvalue weighted by Gasteiger charge is -2.25. The van der Waals surface area contributed by atoms with Gasteiger partial charge in [0.2, 0.25) is 11.9 Å². The molecule has 0 saturated heterocycles. The van der Waals surface area contributed by atoms with Crippen LogP contribution in [0.1, 0.15) is 132 Å². The number of alkyl halides is 4. The number of aryl methyl sites for hydroxylation is 2. The van der Waals surface area contributed by atoms with Crippen molar-refractivity contribution < 1.29 is 35.9 Å². The Morgan fingerprint density at radius 2 is 1.24 bits per heavy atom. The van der Waals surface area contributed by atoms with Gasteiger partial charge < -0.3 is 10.2 Å². The van der Waals surface area contributed by atoms with Crippen LogP contribution in [0, 0.1) is 11.9 Å². The smallest absolute Gasteiger partial charge is 0.283 e. The average Bonchev–Trinajstić information content (AvgIpc) is 4.04. The van der Waals surface area contributed by atoms with Crippen LogP contribution in [0.3, 0.4) is 0 Å². The number of hydrogen-bond donors (Lipinski definition) is 1. The van der Waals surface area contributed by atoms with Crippen molar-refractivity contribution in [2.24, 2.45) is 14.1 Å². The monoisotopic (exact) mass is 834 g/mol. The number of nitrogens with zero attached hydrogens (tertiary/aromatic N) is 5. The fourth-order valence-electron chi connectivity index (χ4n) is 5.92. The molecule has 1 N–H and O–H groups in total. The molecule has 0 atom stereocenters. The van der Waals surface area contributed by atoms with Crippen LogP contribution in [0.25, 0.3) is 0 Å². The minimum atomic E-state index is -3.03.